The quantitative estimate of drug-likeness (QED) is 0.408. The molecule has 0 aliphatic carbocycles. The van der Waals surface area contributed by atoms with Gasteiger partial charge < -0.3 is 10.2 Å². The molecule has 1 amide bonds. The number of fused-ring (bicyclic) bond motifs is 1. The van der Waals surface area contributed by atoms with Crippen molar-refractivity contribution in [1.82, 2.24) is 15.2 Å². The molecule has 4 aromatic rings. The molecule has 156 valence electrons. The number of nitrogens with zero attached hydrogens (tertiary/aromatic N) is 3. The molecule has 2 aromatic carbocycles. The Kier molecular flexibility index (Phi) is 5.73. The average molecular weight is 448 g/mol. The minimum atomic E-state index is -0.109. The highest BCUT2D eigenvalue weighted by molar-refractivity contribution is 7.98. The second kappa shape index (κ2) is 8.95. The predicted octanol–water partition coefficient (Wildman–Crippen LogP) is 4.97. The number of thioether (sulfide) groups is 1. The number of H-pyrrole nitrogens is 1. The van der Waals surface area contributed by atoms with E-state index in [1.54, 1.807) is 0 Å². The van der Waals surface area contributed by atoms with Crippen molar-refractivity contribution in [2.24, 2.45) is 0 Å². The molecule has 1 aliphatic rings. The number of aromatic nitrogens is 3. The smallest absolute Gasteiger partial charge is 0.255 e. The molecule has 3 heterocycles. The van der Waals surface area contributed by atoms with E-state index in [1.807, 2.05) is 47.7 Å². The van der Waals surface area contributed by atoms with E-state index in [0.717, 1.165) is 35.9 Å². The van der Waals surface area contributed by atoms with Crippen molar-refractivity contribution in [2.75, 3.05) is 16.8 Å². The molecule has 8 heteroatoms. The van der Waals surface area contributed by atoms with E-state index in [1.165, 1.54) is 34.2 Å². The van der Waals surface area contributed by atoms with E-state index in [0.29, 0.717) is 11.3 Å². The fourth-order valence-corrected chi connectivity index (χ4v) is 5.37. The minimum Gasteiger partial charge on any atom is -0.367 e. The third-order valence-electron chi connectivity index (χ3n) is 5.32. The number of nitrogens with one attached hydrogen (secondary N) is 2. The summed E-state index contributed by atoms with van der Waals surface area (Å²) in [7, 11) is 0. The summed E-state index contributed by atoms with van der Waals surface area (Å²) in [5.41, 5.74) is 5.02. The first-order valence-corrected chi connectivity index (χ1v) is 11.9. The highest BCUT2D eigenvalue weighted by Gasteiger charge is 2.18. The molecule has 6 nitrogen and oxygen atoms in total. The monoisotopic (exact) mass is 447 g/mol. The number of thiophene rings is 1. The van der Waals surface area contributed by atoms with Crippen molar-refractivity contribution in [2.45, 2.75) is 23.9 Å². The van der Waals surface area contributed by atoms with E-state index >= 15 is 0 Å². The number of aromatic amines is 1. The Morgan fingerprint density at radius 3 is 2.87 bits per heavy atom. The highest BCUT2D eigenvalue weighted by Crippen LogP contribution is 2.29. The van der Waals surface area contributed by atoms with Crippen LogP contribution in [0.4, 0.5) is 11.4 Å². The topological polar surface area (TPSA) is 73.9 Å². The lowest BCUT2D eigenvalue weighted by atomic mass is 10.1. The third-order valence-corrected chi connectivity index (χ3v) is 7.27. The van der Waals surface area contributed by atoms with Crippen LogP contribution >= 0.6 is 23.1 Å². The molecule has 31 heavy (non-hydrogen) atoms. The Labute approximate surface area is 188 Å². The zero-order valence-corrected chi connectivity index (χ0v) is 18.4. The maximum Gasteiger partial charge on any atom is 0.255 e. The second-order valence-electron chi connectivity index (χ2n) is 7.28. The normalized spacial score (nSPS) is 13.1. The standard InChI is InChI=1S/C23H21N5OS2/c29-22(20-4-2-1-3-17(20)14-31-23-24-15-25-27-23)26-18-5-7-19(8-6-18)28-11-9-21-16(13-28)10-12-30-21/h1-8,10,12,15H,9,11,13-14H2,(H,26,29)(H,24,25,27). The molecule has 0 fully saturated rings. The molecule has 5 rings (SSSR count). The zero-order chi connectivity index (χ0) is 21.0. The van der Waals surface area contributed by atoms with Crippen LogP contribution in [0.3, 0.4) is 0 Å². The summed E-state index contributed by atoms with van der Waals surface area (Å²) in [6, 6.07) is 18.0. The average Bonchev–Trinajstić information content (AvgIpc) is 3.50. The van der Waals surface area contributed by atoms with Crippen LogP contribution in [0.25, 0.3) is 0 Å². The van der Waals surface area contributed by atoms with E-state index in [4.69, 9.17) is 0 Å². The molecule has 0 atom stereocenters. The first kappa shape index (κ1) is 19.8. The molecule has 0 spiro atoms. The van der Waals surface area contributed by atoms with Crippen LogP contribution in [0.5, 0.6) is 0 Å². The molecular formula is C23H21N5OS2. The lowest BCUT2D eigenvalue weighted by Crippen LogP contribution is -2.29. The zero-order valence-electron chi connectivity index (χ0n) is 16.7. The van der Waals surface area contributed by atoms with Gasteiger partial charge in [0.2, 0.25) is 0 Å². The Hall–Kier alpha value is -3.10. The van der Waals surface area contributed by atoms with Crippen molar-refractivity contribution in [3.8, 4) is 0 Å². The van der Waals surface area contributed by atoms with Crippen LogP contribution in [0.1, 0.15) is 26.4 Å². The van der Waals surface area contributed by atoms with Gasteiger partial charge in [-0.05, 0) is 59.3 Å². The molecule has 0 bridgehead atoms. The fraction of sp³-hybridized carbons (Fsp3) is 0.174. The van der Waals surface area contributed by atoms with Crippen LogP contribution in [0.15, 0.2) is 71.5 Å². The van der Waals surface area contributed by atoms with Crippen molar-refractivity contribution in [3.63, 3.8) is 0 Å². The number of hydrogen-bond acceptors (Lipinski definition) is 6. The summed E-state index contributed by atoms with van der Waals surface area (Å²) < 4.78 is 0. The van der Waals surface area contributed by atoms with Gasteiger partial charge in [0, 0.05) is 40.7 Å². The van der Waals surface area contributed by atoms with Crippen LogP contribution in [-0.4, -0.2) is 27.6 Å². The van der Waals surface area contributed by atoms with Gasteiger partial charge in [0.25, 0.3) is 5.91 Å². The van der Waals surface area contributed by atoms with Crippen molar-refractivity contribution in [1.29, 1.82) is 0 Å². The van der Waals surface area contributed by atoms with Crippen molar-refractivity contribution in [3.05, 3.63) is 87.9 Å². The molecular weight excluding hydrogens is 426 g/mol. The Morgan fingerprint density at radius 1 is 1.16 bits per heavy atom. The van der Waals surface area contributed by atoms with Gasteiger partial charge in [0.15, 0.2) is 5.16 Å². The molecule has 2 aromatic heterocycles. The lowest BCUT2D eigenvalue weighted by Gasteiger charge is -2.29. The Balaban J connectivity index is 1.25. The van der Waals surface area contributed by atoms with Gasteiger partial charge in [0.05, 0.1) is 0 Å². The molecule has 0 radical (unpaired) electrons. The number of benzene rings is 2. The number of carbonyl (C=O) groups is 1. The maximum absolute atomic E-state index is 12.9. The van der Waals surface area contributed by atoms with Gasteiger partial charge in [-0.3, -0.25) is 9.89 Å². The highest BCUT2D eigenvalue weighted by atomic mass is 32.2. The van der Waals surface area contributed by atoms with Crippen molar-refractivity contribution >= 4 is 40.4 Å². The van der Waals surface area contributed by atoms with Crippen LogP contribution < -0.4 is 10.2 Å². The summed E-state index contributed by atoms with van der Waals surface area (Å²) in [4.78, 5) is 20.9. The van der Waals surface area contributed by atoms with Crippen LogP contribution in [-0.2, 0) is 18.7 Å². The van der Waals surface area contributed by atoms with Gasteiger partial charge in [0.1, 0.15) is 6.33 Å². The van der Waals surface area contributed by atoms with Crippen LogP contribution in [0, 0.1) is 0 Å². The summed E-state index contributed by atoms with van der Waals surface area (Å²) >= 11 is 3.37. The number of anilines is 2. The third kappa shape index (κ3) is 4.50. The van der Waals surface area contributed by atoms with Gasteiger partial charge in [-0.2, -0.15) is 5.10 Å². The van der Waals surface area contributed by atoms with E-state index in [-0.39, 0.29) is 5.91 Å². The number of amides is 1. The largest absolute Gasteiger partial charge is 0.367 e. The number of carbonyl (C=O) groups excluding carboxylic acids is 1. The molecule has 0 saturated carbocycles. The second-order valence-corrected chi connectivity index (χ2v) is 9.24. The first-order chi connectivity index (χ1) is 15.3. The molecule has 1 aliphatic heterocycles. The van der Waals surface area contributed by atoms with E-state index < -0.39 is 0 Å². The van der Waals surface area contributed by atoms with Gasteiger partial charge in [-0.1, -0.05) is 30.0 Å². The van der Waals surface area contributed by atoms with Gasteiger partial charge >= 0.3 is 0 Å². The van der Waals surface area contributed by atoms with Gasteiger partial charge in [-0.25, -0.2) is 4.98 Å². The number of hydrogen-bond donors (Lipinski definition) is 2. The summed E-state index contributed by atoms with van der Waals surface area (Å²) in [5.74, 6) is 0.527. The minimum absolute atomic E-state index is 0.109. The molecule has 2 N–H and O–H groups in total. The summed E-state index contributed by atoms with van der Waals surface area (Å²) in [6.07, 6.45) is 2.57. The number of rotatable bonds is 6. The van der Waals surface area contributed by atoms with E-state index in [9.17, 15) is 4.79 Å². The molecule has 0 unspecified atom stereocenters. The lowest BCUT2D eigenvalue weighted by molar-refractivity contribution is 0.102. The van der Waals surface area contributed by atoms with Crippen molar-refractivity contribution < 1.29 is 4.79 Å². The first-order valence-electron chi connectivity index (χ1n) is 10.0. The summed E-state index contributed by atoms with van der Waals surface area (Å²) in [6.45, 7) is 1.97. The fourth-order valence-electron chi connectivity index (χ4n) is 3.70. The SMILES string of the molecule is O=C(Nc1ccc(N2CCc3sccc3C2)cc1)c1ccccc1CSc1ncn[nH]1. The van der Waals surface area contributed by atoms with Gasteiger partial charge in [-0.15, -0.1) is 11.3 Å². The Morgan fingerprint density at radius 2 is 2.03 bits per heavy atom. The van der Waals surface area contributed by atoms with E-state index in [2.05, 4.69) is 49.0 Å². The maximum atomic E-state index is 12.9. The Bertz CT molecular complexity index is 1170. The predicted molar refractivity (Wildman–Crippen MR) is 126 cm³/mol. The summed E-state index contributed by atoms with van der Waals surface area (Å²) in [5, 5.41) is 12.6. The van der Waals surface area contributed by atoms with Crippen LogP contribution in [0.2, 0.25) is 0 Å². The molecule has 0 saturated heterocycles.